The predicted molar refractivity (Wildman–Crippen MR) is 139 cm³/mol. The van der Waals surface area contributed by atoms with Crippen molar-refractivity contribution in [1.82, 2.24) is 4.90 Å². The number of ether oxygens (including phenoxy) is 3. The lowest BCUT2D eigenvalue weighted by atomic mass is 10.1. The van der Waals surface area contributed by atoms with Crippen LogP contribution in [0.2, 0.25) is 0 Å². The summed E-state index contributed by atoms with van der Waals surface area (Å²) in [7, 11) is 3.07. The lowest BCUT2D eigenvalue weighted by Gasteiger charge is -2.22. The molecule has 0 saturated carbocycles. The highest BCUT2D eigenvalue weighted by Gasteiger charge is 2.46. The van der Waals surface area contributed by atoms with Crippen LogP contribution in [0.15, 0.2) is 72.8 Å². The Balaban J connectivity index is 1.59. The number of nitrogens with one attached hydrogen (secondary N) is 1. The van der Waals surface area contributed by atoms with Gasteiger partial charge in [-0.25, -0.2) is 9.69 Å². The van der Waals surface area contributed by atoms with Gasteiger partial charge in [0.25, 0.3) is 5.91 Å². The molecule has 1 atom stereocenters. The van der Waals surface area contributed by atoms with Crippen LogP contribution in [-0.2, 0) is 16.1 Å². The van der Waals surface area contributed by atoms with E-state index in [9.17, 15) is 14.4 Å². The van der Waals surface area contributed by atoms with E-state index in [4.69, 9.17) is 14.2 Å². The SMILES string of the molecule is CCOc1ccc(NC(=O)CC2C(=O)N(c3cccc(OC)c3)C(=O)N2Cc2cccc(OC)c2)cc1. The highest BCUT2D eigenvalue weighted by atomic mass is 16.5. The van der Waals surface area contributed by atoms with Gasteiger partial charge in [0.1, 0.15) is 23.3 Å². The number of methoxy groups -OCH3 is 2. The first-order chi connectivity index (χ1) is 17.9. The number of carbonyl (C=O) groups excluding carboxylic acids is 3. The van der Waals surface area contributed by atoms with Crippen molar-refractivity contribution in [2.24, 2.45) is 0 Å². The number of hydrogen-bond acceptors (Lipinski definition) is 6. The molecule has 3 aromatic rings. The number of nitrogens with zero attached hydrogens (tertiary/aromatic N) is 2. The molecule has 1 heterocycles. The van der Waals surface area contributed by atoms with E-state index in [1.807, 2.05) is 19.1 Å². The number of carbonyl (C=O) groups is 3. The van der Waals surface area contributed by atoms with E-state index in [2.05, 4.69) is 5.32 Å². The summed E-state index contributed by atoms with van der Waals surface area (Å²) in [6.45, 7) is 2.56. The smallest absolute Gasteiger partial charge is 0.332 e. The summed E-state index contributed by atoms with van der Waals surface area (Å²) in [6, 6.07) is 19.4. The summed E-state index contributed by atoms with van der Waals surface area (Å²) in [4.78, 5) is 42.6. The summed E-state index contributed by atoms with van der Waals surface area (Å²) in [6.07, 6.45) is -0.206. The van der Waals surface area contributed by atoms with Crippen LogP contribution >= 0.6 is 0 Å². The fourth-order valence-corrected chi connectivity index (χ4v) is 4.16. The van der Waals surface area contributed by atoms with Crippen LogP contribution in [0.25, 0.3) is 0 Å². The predicted octanol–water partition coefficient (Wildman–Crippen LogP) is 4.47. The Labute approximate surface area is 215 Å². The molecule has 0 spiro atoms. The third kappa shape index (κ3) is 5.83. The zero-order chi connectivity index (χ0) is 26.4. The van der Waals surface area contributed by atoms with E-state index in [1.54, 1.807) is 67.8 Å². The monoisotopic (exact) mass is 503 g/mol. The second-order valence-corrected chi connectivity index (χ2v) is 8.36. The lowest BCUT2D eigenvalue weighted by Crippen LogP contribution is -2.37. The zero-order valence-corrected chi connectivity index (χ0v) is 21.0. The molecule has 4 amide bonds. The molecule has 0 aromatic heterocycles. The molecule has 0 radical (unpaired) electrons. The minimum Gasteiger partial charge on any atom is -0.497 e. The van der Waals surface area contributed by atoms with E-state index in [0.29, 0.717) is 35.2 Å². The van der Waals surface area contributed by atoms with Crippen molar-refractivity contribution >= 4 is 29.2 Å². The second-order valence-electron chi connectivity index (χ2n) is 8.36. The van der Waals surface area contributed by atoms with Gasteiger partial charge in [-0.1, -0.05) is 18.2 Å². The van der Waals surface area contributed by atoms with Gasteiger partial charge in [-0.2, -0.15) is 0 Å². The Morgan fingerprint density at radius 1 is 0.892 bits per heavy atom. The van der Waals surface area contributed by atoms with Crippen molar-refractivity contribution in [3.63, 3.8) is 0 Å². The molecular formula is C28H29N3O6. The molecule has 9 heteroatoms. The summed E-state index contributed by atoms with van der Waals surface area (Å²) < 4.78 is 16.0. The quantitative estimate of drug-likeness (QED) is 0.410. The normalized spacial score (nSPS) is 15.1. The van der Waals surface area contributed by atoms with Crippen molar-refractivity contribution < 1.29 is 28.6 Å². The van der Waals surface area contributed by atoms with Crippen LogP contribution in [-0.4, -0.2) is 49.6 Å². The zero-order valence-electron chi connectivity index (χ0n) is 21.0. The van der Waals surface area contributed by atoms with Crippen LogP contribution in [0, 0.1) is 0 Å². The molecule has 1 N–H and O–H groups in total. The minimum atomic E-state index is -0.993. The molecule has 1 unspecified atom stereocenters. The molecule has 37 heavy (non-hydrogen) atoms. The molecule has 1 saturated heterocycles. The average molecular weight is 504 g/mol. The molecule has 1 aliphatic rings. The second kappa shape index (κ2) is 11.5. The summed E-state index contributed by atoms with van der Waals surface area (Å²) >= 11 is 0. The van der Waals surface area contributed by atoms with Crippen molar-refractivity contribution in [1.29, 1.82) is 0 Å². The Hall–Kier alpha value is -4.53. The van der Waals surface area contributed by atoms with Gasteiger partial charge in [0.2, 0.25) is 5.91 Å². The van der Waals surface area contributed by atoms with Crippen LogP contribution in [0.4, 0.5) is 16.2 Å². The van der Waals surface area contributed by atoms with Crippen LogP contribution in [0.3, 0.4) is 0 Å². The number of imide groups is 1. The number of benzene rings is 3. The first-order valence-electron chi connectivity index (χ1n) is 11.9. The lowest BCUT2D eigenvalue weighted by molar-refractivity contribution is -0.124. The maximum atomic E-state index is 13.5. The van der Waals surface area contributed by atoms with Crippen molar-refractivity contribution in [2.75, 3.05) is 31.0 Å². The first kappa shape index (κ1) is 25.6. The van der Waals surface area contributed by atoms with Gasteiger partial charge in [0, 0.05) is 18.3 Å². The van der Waals surface area contributed by atoms with E-state index >= 15 is 0 Å². The van der Waals surface area contributed by atoms with Crippen molar-refractivity contribution in [2.45, 2.75) is 25.9 Å². The molecule has 9 nitrogen and oxygen atoms in total. The number of hydrogen-bond donors (Lipinski definition) is 1. The van der Waals surface area contributed by atoms with Crippen LogP contribution < -0.4 is 24.4 Å². The third-order valence-corrected chi connectivity index (χ3v) is 5.95. The summed E-state index contributed by atoms with van der Waals surface area (Å²) in [5, 5.41) is 2.81. The molecule has 1 fully saturated rings. The van der Waals surface area contributed by atoms with Crippen LogP contribution in [0.5, 0.6) is 17.2 Å². The molecule has 192 valence electrons. The van der Waals surface area contributed by atoms with Crippen LogP contribution in [0.1, 0.15) is 18.9 Å². The van der Waals surface area contributed by atoms with Gasteiger partial charge < -0.3 is 24.4 Å². The number of amides is 4. The van der Waals surface area contributed by atoms with Gasteiger partial charge in [-0.3, -0.25) is 9.59 Å². The Kier molecular flexibility index (Phi) is 7.92. The summed E-state index contributed by atoms with van der Waals surface area (Å²) in [5.74, 6) is 0.955. The molecule has 1 aliphatic heterocycles. The van der Waals surface area contributed by atoms with Gasteiger partial charge in [0.15, 0.2) is 0 Å². The van der Waals surface area contributed by atoms with Crippen molar-refractivity contribution in [3.05, 3.63) is 78.4 Å². The number of anilines is 2. The fourth-order valence-electron chi connectivity index (χ4n) is 4.16. The molecule has 0 bridgehead atoms. The fraction of sp³-hybridized carbons (Fsp3) is 0.250. The van der Waals surface area contributed by atoms with Gasteiger partial charge in [-0.05, 0) is 61.0 Å². The molecule has 4 rings (SSSR count). The summed E-state index contributed by atoms with van der Waals surface area (Å²) in [5.41, 5.74) is 1.71. The van der Waals surface area contributed by atoms with Gasteiger partial charge in [-0.15, -0.1) is 0 Å². The first-order valence-corrected chi connectivity index (χ1v) is 11.9. The van der Waals surface area contributed by atoms with E-state index in [-0.39, 0.29) is 13.0 Å². The molecular weight excluding hydrogens is 474 g/mol. The standard InChI is InChI=1S/C28H29N3O6/c1-4-37-22-13-11-20(12-14-22)29-26(32)17-25-27(33)31(21-8-6-10-24(16-21)36-3)28(34)30(25)18-19-7-5-9-23(15-19)35-2/h5-16,25H,4,17-18H2,1-3H3,(H,29,32). The highest BCUT2D eigenvalue weighted by molar-refractivity contribution is 6.22. The van der Waals surface area contributed by atoms with Gasteiger partial charge >= 0.3 is 6.03 Å². The Bertz CT molecular complexity index is 1280. The maximum Gasteiger partial charge on any atom is 0.332 e. The highest BCUT2D eigenvalue weighted by Crippen LogP contribution is 2.31. The van der Waals surface area contributed by atoms with Gasteiger partial charge in [0.05, 0.1) is 32.9 Å². The topological polar surface area (TPSA) is 97.4 Å². The van der Waals surface area contributed by atoms with E-state index in [0.717, 1.165) is 10.5 Å². The number of urea groups is 1. The minimum absolute atomic E-state index is 0.128. The van der Waals surface area contributed by atoms with E-state index in [1.165, 1.54) is 12.0 Å². The molecule has 3 aromatic carbocycles. The number of rotatable bonds is 10. The Morgan fingerprint density at radius 2 is 1.57 bits per heavy atom. The maximum absolute atomic E-state index is 13.5. The van der Waals surface area contributed by atoms with E-state index < -0.39 is 23.9 Å². The van der Waals surface area contributed by atoms with Crippen molar-refractivity contribution in [3.8, 4) is 17.2 Å². The Morgan fingerprint density at radius 3 is 2.24 bits per heavy atom. The average Bonchev–Trinajstić information content (AvgIpc) is 3.13. The third-order valence-electron chi connectivity index (χ3n) is 5.95. The largest absolute Gasteiger partial charge is 0.497 e. The molecule has 0 aliphatic carbocycles.